The first-order valence-electron chi connectivity index (χ1n) is 17.8. The SMILES string of the molecule is C=Cc1c(/C=C\C)n(-c2cc(-c3ccccc3C3CCCC(C#N)[C@@H]3n3c4c(c5ccccc53)C=C(C#N)CC4)ccc2C#N)c2ccccc12. The van der Waals surface area contributed by atoms with Gasteiger partial charge in [-0.3, -0.25) is 0 Å². The number of benzene rings is 4. The zero-order chi connectivity index (χ0) is 35.1. The molecular formula is C46H37N5. The topological polar surface area (TPSA) is 81.2 Å². The van der Waals surface area contributed by atoms with E-state index < -0.39 is 0 Å². The molecule has 3 atom stereocenters. The van der Waals surface area contributed by atoms with Crippen molar-refractivity contribution in [2.24, 2.45) is 5.92 Å². The van der Waals surface area contributed by atoms with Gasteiger partial charge in [-0.1, -0.05) is 91.9 Å². The first kappa shape index (κ1) is 31.9. The van der Waals surface area contributed by atoms with Crippen LogP contribution in [0.25, 0.3) is 56.8 Å². The second-order valence-electron chi connectivity index (χ2n) is 13.6. The lowest BCUT2D eigenvalue weighted by Crippen LogP contribution is -2.31. The lowest BCUT2D eigenvalue weighted by molar-refractivity contribution is 0.251. The Hall–Kier alpha value is -6.35. The number of nitrogens with zero attached hydrogens (tertiary/aromatic N) is 5. The van der Waals surface area contributed by atoms with Crippen LogP contribution in [0.2, 0.25) is 0 Å². The van der Waals surface area contributed by atoms with Gasteiger partial charge in [-0.05, 0) is 85.7 Å². The third-order valence-corrected chi connectivity index (χ3v) is 11.0. The van der Waals surface area contributed by atoms with E-state index in [9.17, 15) is 15.8 Å². The van der Waals surface area contributed by atoms with Crippen molar-refractivity contribution in [3.8, 4) is 35.0 Å². The molecule has 5 nitrogen and oxygen atoms in total. The Balaban J connectivity index is 1.33. The normalized spacial score (nSPS) is 18.5. The average Bonchev–Trinajstić information content (AvgIpc) is 3.68. The number of hydrogen-bond donors (Lipinski definition) is 0. The molecule has 0 aliphatic heterocycles. The van der Waals surface area contributed by atoms with Crippen molar-refractivity contribution < 1.29 is 0 Å². The molecule has 2 aliphatic carbocycles. The molecule has 2 aliphatic rings. The van der Waals surface area contributed by atoms with E-state index >= 15 is 0 Å². The predicted octanol–water partition coefficient (Wildman–Crippen LogP) is 11.3. The molecule has 0 bridgehead atoms. The summed E-state index contributed by atoms with van der Waals surface area (Å²) >= 11 is 0. The molecule has 4 aromatic carbocycles. The van der Waals surface area contributed by atoms with Crippen molar-refractivity contribution in [2.75, 3.05) is 0 Å². The lowest BCUT2D eigenvalue weighted by Gasteiger charge is -2.39. The van der Waals surface area contributed by atoms with E-state index in [0.717, 1.165) is 86.7 Å². The molecule has 0 saturated heterocycles. The fourth-order valence-corrected chi connectivity index (χ4v) is 8.85. The summed E-state index contributed by atoms with van der Waals surface area (Å²) < 4.78 is 4.66. The highest BCUT2D eigenvalue weighted by atomic mass is 15.0. The molecule has 246 valence electrons. The molecule has 0 spiro atoms. The molecule has 2 unspecified atom stereocenters. The fourth-order valence-electron chi connectivity index (χ4n) is 8.85. The molecule has 6 aromatic rings. The zero-order valence-corrected chi connectivity index (χ0v) is 28.7. The summed E-state index contributed by atoms with van der Waals surface area (Å²) in [5, 5.41) is 33.1. The van der Waals surface area contributed by atoms with Gasteiger partial charge in [-0.15, -0.1) is 0 Å². The summed E-state index contributed by atoms with van der Waals surface area (Å²) in [7, 11) is 0. The lowest BCUT2D eigenvalue weighted by atomic mass is 9.72. The quantitative estimate of drug-likeness (QED) is 0.178. The molecule has 8 rings (SSSR count). The Kier molecular flexibility index (Phi) is 8.23. The maximum atomic E-state index is 10.7. The van der Waals surface area contributed by atoms with E-state index in [4.69, 9.17) is 0 Å². The highest BCUT2D eigenvalue weighted by molar-refractivity contribution is 5.96. The molecule has 1 fully saturated rings. The van der Waals surface area contributed by atoms with E-state index in [-0.39, 0.29) is 17.9 Å². The van der Waals surface area contributed by atoms with Crippen LogP contribution in [0.3, 0.4) is 0 Å². The zero-order valence-electron chi connectivity index (χ0n) is 28.7. The molecule has 51 heavy (non-hydrogen) atoms. The Labute approximate surface area is 298 Å². The van der Waals surface area contributed by atoms with E-state index in [2.05, 4.69) is 119 Å². The van der Waals surface area contributed by atoms with Crippen LogP contribution < -0.4 is 0 Å². The monoisotopic (exact) mass is 659 g/mol. The molecule has 2 heterocycles. The van der Waals surface area contributed by atoms with E-state index in [0.29, 0.717) is 12.0 Å². The summed E-state index contributed by atoms with van der Waals surface area (Å²) in [5.74, 6) is -0.0835. The Morgan fingerprint density at radius 3 is 2.35 bits per heavy atom. The van der Waals surface area contributed by atoms with Crippen LogP contribution in [0.1, 0.15) is 78.2 Å². The molecule has 0 N–H and O–H groups in total. The maximum Gasteiger partial charge on any atom is 0.101 e. The largest absolute Gasteiger partial charge is 0.339 e. The number of nitriles is 3. The predicted molar refractivity (Wildman–Crippen MR) is 207 cm³/mol. The van der Waals surface area contributed by atoms with Gasteiger partial charge in [0.05, 0.1) is 46.6 Å². The van der Waals surface area contributed by atoms with Crippen molar-refractivity contribution in [3.63, 3.8) is 0 Å². The maximum absolute atomic E-state index is 10.7. The minimum Gasteiger partial charge on any atom is -0.339 e. The van der Waals surface area contributed by atoms with Gasteiger partial charge in [0.1, 0.15) is 6.07 Å². The van der Waals surface area contributed by atoms with Crippen LogP contribution in [0.4, 0.5) is 0 Å². The molecule has 0 radical (unpaired) electrons. The van der Waals surface area contributed by atoms with Crippen molar-refractivity contribution >= 4 is 40.0 Å². The van der Waals surface area contributed by atoms with Crippen LogP contribution in [-0.2, 0) is 6.42 Å². The number of fused-ring (bicyclic) bond motifs is 4. The Morgan fingerprint density at radius 1 is 0.824 bits per heavy atom. The number of hydrogen-bond acceptors (Lipinski definition) is 3. The van der Waals surface area contributed by atoms with Gasteiger partial charge in [0.2, 0.25) is 0 Å². The third-order valence-electron chi connectivity index (χ3n) is 11.0. The van der Waals surface area contributed by atoms with Crippen molar-refractivity contribution in [1.82, 2.24) is 9.13 Å². The van der Waals surface area contributed by atoms with E-state index in [1.54, 1.807) is 0 Å². The number of aromatic nitrogens is 2. The van der Waals surface area contributed by atoms with Crippen LogP contribution in [0.15, 0.2) is 109 Å². The highest BCUT2D eigenvalue weighted by Gasteiger charge is 2.39. The number of para-hydroxylation sites is 2. The summed E-state index contributed by atoms with van der Waals surface area (Å²) in [6.45, 7) is 6.15. The van der Waals surface area contributed by atoms with Crippen molar-refractivity contribution in [3.05, 3.63) is 143 Å². The third kappa shape index (κ3) is 5.12. The molecule has 5 heteroatoms. The highest BCUT2D eigenvalue weighted by Crippen LogP contribution is 2.50. The van der Waals surface area contributed by atoms with Gasteiger partial charge in [0.25, 0.3) is 0 Å². The standard InChI is InChI=1S/C46H37N5/c1-3-12-41-34(4-2)37-16-7-9-19-42(37)50(41)45-26-31(22-23-32(45)28-48)35-14-5-6-15-36(35)39-18-11-13-33(29-49)46(39)51-43-20-10-8-17-38(43)40-25-30(27-47)21-24-44(40)51/h3-10,12,14-17,19-20,22-23,25-26,33,39,46H,2,11,13,18,21,24H2,1H3/b12-3-/t33?,39?,46-/m0/s1. The summed E-state index contributed by atoms with van der Waals surface area (Å²) in [5.41, 5.74) is 12.1. The van der Waals surface area contributed by atoms with Crippen LogP contribution in [0, 0.1) is 39.9 Å². The molecule has 2 aromatic heterocycles. The first-order chi connectivity index (χ1) is 25.1. The van der Waals surface area contributed by atoms with Crippen LogP contribution in [-0.4, -0.2) is 9.13 Å². The fraction of sp³-hybridized carbons (Fsp3) is 0.196. The summed E-state index contributed by atoms with van der Waals surface area (Å²) in [6, 6.07) is 39.1. The smallest absolute Gasteiger partial charge is 0.101 e. The molecular weight excluding hydrogens is 623 g/mol. The summed E-state index contributed by atoms with van der Waals surface area (Å²) in [4.78, 5) is 0. The van der Waals surface area contributed by atoms with Crippen molar-refractivity contribution in [1.29, 1.82) is 15.8 Å². The Bertz CT molecular complexity index is 2550. The second-order valence-corrected chi connectivity index (χ2v) is 13.6. The van der Waals surface area contributed by atoms with Gasteiger partial charge < -0.3 is 9.13 Å². The number of rotatable bonds is 6. The van der Waals surface area contributed by atoms with Gasteiger partial charge in [-0.2, -0.15) is 15.8 Å². The van der Waals surface area contributed by atoms with Gasteiger partial charge in [0, 0.05) is 44.6 Å². The second kappa shape index (κ2) is 13.2. The minimum atomic E-state index is -0.165. The molecule has 1 saturated carbocycles. The van der Waals surface area contributed by atoms with Crippen LogP contribution >= 0.6 is 0 Å². The van der Waals surface area contributed by atoms with Gasteiger partial charge >= 0.3 is 0 Å². The van der Waals surface area contributed by atoms with Gasteiger partial charge in [-0.25, -0.2) is 0 Å². The van der Waals surface area contributed by atoms with E-state index in [1.807, 2.05) is 37.3 Å². The molecule has 0 amide bonds. The van der Waals surface area contributed by atoms with Crippen molar-refractivity contribution in [2.45, 2.75) is 51.0 Å². The number of allylic oxidation sites excluding steroid dienone is 2. The first-order valence-corrected chi connectivity index (χ1v) is 17.8. The average molecular weight is 660 g/mol. The summed E-state index contributed by atoms with van der Waals surface area (Å²) in [6.07, 6.45) is 12.3. The van der Waals surface area contributed by atoms with Gasteiger partial charge in [0.15, 0.2) is 0 Å². The van der Waals surface area contributed by atoms with E-state index in [1.165, 1.54) is 11.3 Å². The minimum absolute atomic E-state index is 0.0710. The van der Waals surface area contributed by atoms with Crippen LogP contribution in [0.5, 0.6) is 0 Å². The Morgan fingerprint density at radius 2 is 1.59 bits per heavy atom.